The van der Waals surface area contributed by atoms with E-state index in [4.69, 9.17) is 4.74 Å². The first-order valence-electron chi connectivity index (χ1n) is 9.29. The minimum atomic E-state index is -3.32. The summed E-state index contributed by atoms with van der Waals surface area (Å²) in [5.41, 5.74) is 1.41. The lowest BCUT2D eigenvalue weighted by molar-refractivity contribution is 0.0240. The third-order valence-corrected chi connectivity index (χ3v) is 6.14. The largest absolute Gasteiger partial charge is 0.444 e. The van der Waals surface area contributed by atoms with Gasteiger partial charge in [-0.25, -0.2) is 17.9 Å². The highest BCUT2D eigenvalue weighted by atomic mass is 32.2. The number of ether oxygens (including phenoxy) is 1. The van der Waals surface area contributed by atoms with Crippen molar-refractivity contribution in [2.45, 2.75) is 52.0 Å². The Labute approximate surface area is 162 Å². The molecule has 1 fully saturated rings. The fourth-order valence-corrected chi connectivity index (χ4v) is 3.46. The SMILES string of the molecule is CC(C)S(=O)(=O)NCc1ccccc1N1CCN(C(=O)OC(C)(C)C)CC1. The number of hydrogen-bond donors (Lipinski definition) is 1. The molecule has 1 aliphatic rings. The molecule has 0 aromatic heterocycles. The third kappa shape index (κ3) is 6.10. The molecule has 0 aliphatic carbocycles. The van der Waals surface area contributed by atoms with Crippen molar-refractivity contribution in [3.8, 4) is 0 Å². The van der Waals surface area contributed by atoms with E-state index in [-0.39, 0.29) is 12.6 Å². The lowest BCUT2D eigenvalue weighted by Crippen LogP contribution is -2.50. The van der Waals surface area contributed by atoms with Crippen molar-refractivity contribution in [1.82, 2.24) is 9.62 Å². The van der Waals surface area contributed by atoms with Crippen LogP contribution < -0.4 is 9.62 Å². The summed E-state index contributed by atoms with van der Waals surface area (Å²) in [6.07, 6.45) is -0.292. The highest BCUT2D eigenvalue weighted by Crippen LogP contribution is 2.23. The molecule has 1 aromatic rings. The van der Waals surface area contributed by atoms with Gasteiger partial charge in [0.25, 0.3) is 0 Å². The van der Waals surface area contributed by atoms with Crippen molar-refractivity contribution in [2.75, 3.05) is 31.1 Å². The topological polar surface area (TPSA) is 79.0 Å². The molecule has 0 spiro atoms. The molecule has 1 aliphatic heterocycles. The molecule has 27 heavy (non-hydrogen) atoms. The van der Waals surface area contributed by atoms with E-state index < -0.39 is 20.9 Å². The number of benzene rings is 1. The van der Waals surface area contributed by atoms with Gasteiger partial charge in [0.15, 0.2) is 0 Å². The van der Waals surface area contributed by atoms with Crippen molar-refractivity contribution in [3.63, 3.8) is 0 Å². The second-order valence-corrected chi connectivity index (χ2v) is 10.3. The Kier molecular flexibility index (Phi) is 6.75. The minimum Gasteiger partial charge on any atom is -0.444 e. The average molecular weight is 398 g/mol. The molecular formula is C19H31N3O4S. The molecule has 8 heteroatoms. The maximum absolute atomic E-state index is 12.2. The van der Waals surface area contributed by atoms with E-state index in [9.17, 15) is 13.2 Å². The lowest BCUT2D eigenvalue weighted by atomic mass is 10.1. The quantitative estimate of drug-likeness (QED) is 0.826. The molecular weight excluding hydrogens is 366 g/mol. The van der Waals surface area contributed by atoms with E-state index >= 15 is 0 Å². The van der Waals surface area contributed by atoms with Gasteiger partial charge >= 0.3 is 6.09 Å². The van der Waals surface area contributed by atoms with Gasteiger partial charge in [-0.15, -0.1) is 0 Å². The Morgan fingerprint density at radius 3 is 2.30 bits per heavy atom. The smallest absolute Gasteiger partial charge is 0.410 e. The van der Waals surface area contributed by atoms with Crippen LogP contribution in [0.3, 0.4) is 0 Å². The van der Waals surface area contributed by atoms with Gasteiger partial charge < -0.3 is 14.5 Å². The third-order valence-electron chi connectivity index (χ3n) is 4.35. The summed E-state index contributed by atoms with van der Waals surface area (Å²) in [4.78, 5) is 16.1. The Bertz CT molecular complexity index is 748. The Morgan fingerprint density at radius 2 is 1.74 bits per heavy atom. The molecule has 7 nitrogen and oxygen atoms in total. The molecule has 1 aromatic carbocycles. The van der Waals surface area contributed by atoms with Crippen LogP contribution in [-0.4, -0.2) is 56.4 Å². The van der Waals surface area contributed by atoms with E-state index in [1.54, 1.807) is 18.7 Å². The van der Waals surface area contributed by atoms with Crippen LogP contribution in [0.4, 0.5) is 10.5 Å². The van der Waals surface area contributed by atoms with Crippen LogP contribution >= 0.6 is 0 Å². The second-order valence-electron chi connectivity index (χ2n) is 8.00. The van der Waals surface area contributed by atoms with Gasteiger partial charge in [-0.2, -0.15) is 0 Å². The molecule has 1 heterocycles. The summed E-state index contributed by atoms with van der Waals surface area (Å²) in [6.45, 7) is 11.6. The first kappa shape index (κ1) is 21.5. The van der Waals surface area contributed by atoms with Gasteiger partial charge in [-0.3, -0.25) is 0 Å². The summed E-state index contributed by atoms with van der Waals surface area (Å²) in [5.74, 6) is 0. The summed E-state index contributed by atoms with van der Waals surface area (Å²) in [7, 11) is -3.32. The summed E-state index contributed by atoms with van der Waals surface area (Å²) >= 11 is 0. The van der Waals surface area contributed by atoms with Crippen LogP contribution in [0.2, 0.25) is 0 Å². The first-order chi connectivity index (χ1) is 12.5. The monoisotopic (exact) mass is 397 g/mol. The first-order valence-corrected chi connectivity index (χ1v) is 10.8. The zero-order valence-corrected chi connectivity index (χ0v) is 17.7. The molecule has 0 bridgehead atoms. The van der Waals surface area contributed by atoms with Gasteiger partial charge in [-0.1, -0.05) is 18.2 Å². The molecule has 1 N–H and O–H groups in total. The van der Waals surface area contributed by atoms with E-state index in [1.165, 1.54) is 0 Å². The molecule has 1 saturated heterocycles. The number of para-hydroxylation sites is 1. The molecule has 0 unspecified atom stereocenters. The van der Waals surface area contributed by atoms with Gasteiger partial charge in [0.1, 0.15) is 5.60 Å². The molecule has 1 amide bonds. The van der Waals surface area contributed by atoms with Crippen molar-refractivity contribution in [2.24, 2.45) is 0 Å². The fourth-order valence-electron chi connectivity index (χ4n) is 2.77. The predicted molar refractivity (Wildman–Crippen MR) is 107 cm³/mol. The number of amides is 1. The van der Waals surface area contributed by atoms with E-state index in [2.05, 4.69) is 9.62 Å². The summed E-state index contributed by atoms with van der Waals surface area (Å²) in [5, 5.41) is -0.470. The zero-order valence-electron chi connectivity index (χ0n) is 16.9. The fraction of sp³-hybridized carbons (Fsp3) is 0.632. The van der Waals surface area contributed by atoms with Crippen molar-refractivity contribution in [3.05, 3.63) is 29.8 Å². The highest BCUT2D eigenvalue weighted by Gasteiger charge is 2.26. The number of nitrogens with one attached hydrogen (secondary N) is 1. The summed E-state index contributed by atoms with van der Waals surface area (Å²) in [6, 6.07) is 7.76. The van der Waals surface area contributed by atoms with Crippen LogP contribution in [0.1, 0.15) is 40.2 Å². The Balaban J connectivity index is 2.01. The predicted octanol–water partition coefficient (Wildman–Crippen LogP) is 2.57. The molecule has 0 atom stereocenters. The van der Waals surface area contributed by atoms with Crippen LogP contribution in [0.25, 0.3) is 0 Å². The molecule has 2 rings (SSSR count). The molecule has 0 saturated carbocycles. The van der Waals surface area contributed by atoms with Crippen molar-refractivity contribution in [1.29, 1.82) is 0 Å². The van der Waals surface area contributed by atoms with Crippen LogP contribution in [0.15, 0.2) is 24.3 Å². The number of piperazine rings is 1. The van der Waals surface area contributed by atoms with Gasteiger partial charge in [0.05, 0.1) is 5.25 Å². The second kappa shape index (κ2) is 8.48. The maximum atomic E-state index is 12.2. The van der Waals surface area contributed by atoms with E-state index in [0.29, 0.717) is 26.2 Å². The maximum Gasteiger partial charge on any atom is 0.410 e. The van der Waals surface area contributed by atoms with Crippen LogP contribution in [-0.2, 0) is 21.3 Å². The number of carbonyl (C=O) groups is 1. The van der Waals surface area contributed by atoms with Gasteiger partial charge in [0, 0.05) is 38.4 Å². The number of rotatable bonds is 5. The van der Waals surface area contributed by atoms with Gasteiger partial charge in [0.2, 0.25) is 10.0 Å². The zero-order chi connectivity index (χ0) is 20.2. The Hall–Kier alpha value is -1.80. The van der Waals surface area contributed by atoms with Crippen molar-refractivity contribution >= 4 is 21.8 Å². The van der Waals surface area contributed by atoms with E-state index in [0.717, 1.165) is 11.3 Å². The number of sulfonamides is 1. The van der Waals surface area contributed by atoms with Crippen LogP contribution in [0.5, 0.6) is 0 Å². The standard InChI is InChI=1S/C19H31N3O4S/c1-15(2)27(24,25)20-14-16-8-6-7-9-17(16)21-10-12-22(13-11-21)18(23)26-19(3,4)5/h6-9,15,20H,10-14H2,1-5H3. The van der Waals surface area contributed by atoms with Gasteiger partial charge in [-0.05, 0) is 46.2 Å². The van der Waals surface area contributed by atoms with Crippen LogP contribution in [0, 0.1) is 0 Å². The van der Waals surface area contributed by atoms with E-state index in [1.807, 2.05) is 45.0 Å². The molecule has 0 radical (unpaired) electrons. The number of nitrogens with zero attached hydrogens (tertiary/aromatic N) is 2. The van der Waals surface area contributed by atoms with Crippen molar-refractivity contribution < 1.29 is 17.9 Å². The Morgan fingerprint density at radius 1 is 1.15 bits per heavy atom. The molecule has 152 valence electrons. The minimum absolute atomic E-state index is 0.253. The number of hydrogen-bond acceptors (Lipinski definition) is 5. The lowest BCUT2D eigenvalue weighted by Gasteiger charge is -2.37. The summed E-state index contributed by atoms with van der Waals surface area (Å²) < 4.78 is 32.2. The number of carbonyl (C=O) groups excluding carboxylic acids is 1. The highest BCUT2D eigenvalue weighted by molar-refractivity contribution is 7.90. The number of anilines is 1. The average Bonchev–Trinajstić information content (AvgIpc) is 2.59. The normalized spacial score (nSPS) is 15.9.